The maximum absolute atomic E-state index is 13.7. The van der Waals surface area contributed by atoms with Gasteiger partial charge in [-0.1, -0.05) is 23.2 Å². The molecule has 0 saturated carbocycles. The molecule has 2 unspecified atom stereocenters. The van der Waals surface area contributed by atoms with Crippen LogP contribution in [0.1, 0.15) is 34.8 Å². The maximum Gasteiger partial charge on any atom is 0.410 e. The third-order valence-corrected chi connectivity index (χ3v) is 5.11. The molecular formula is C18H13Cl2F3N4O2. The van der Waals surface area contributed by atoms with Crippen LogP contribution in [0.2, 0.25) is 10.0 Å². The molecule has 2 aromatic heterocycles. The van der Waals surface area contributed by atoms with Crippen molar-refractivity contribution < 1.29 is 22.4 Å². The molecule has 29 heavy (non-hydrogen) atoms. The molecule has 0 spiro atoms. The number of anilines is 2. The number of hydrogen-bond donors (Lipinski definition) is 2. The Bertz CT molecular complexity index is 1030. The number of aromatic nitrogens is 2. The molecule has 2 N–H and O–H groups in total. The second-order valence-corrected chi connectivity index (χ2v) is 7.24. The molecule has 3 aromatic rings. The van der Waals surface area contributed by atoms with Gasteiger partial charge in [-0.15, -0.1) is 0 Å². The van der Waals surface area contributed by atoms with E-state index in [1.54, 1.807) is 36.4 Å². The van der Waals surface area contributed by atoms with Crippen LogP contribution in [-0.2, 0) is 0 Å². The van der Waals surface area contributed by atoms with E-state index in [4.69, 9.17) is 27.6 Å². The number of nitrogens with one attached hydrogen (secondary N) is 2. The maximum atomic E-state index is 13.7. The summed E-state index contributed by atoms with van der Waals surface area (Å²) in [4.78, 5) is 12.6. The van der Waals surface area contributed by atoms with Crippen molar-refractivity contribution in [3.8, 4) is 0 Å². The van der Waals surface area contributed by atoms with Gasteiger partial charge in [0.15, 0.2) is 11.7 Å². The summed E-state index contributed by atoms with van der Waals surface area (Å²) in [7, 11) is 0. The smallest absolute Gasteiger partial charge is 0.410 e. The summed E-state index contributed by atoms with van der Waals surface area (Å²) < 4.78 is 47.0. The van der Waals surface area contributed by atoms with Crippen molar-refractivity contribution in [2.45, 2.75) is 24.7 Å². The van der Waals surface area contributed by atoms with Gasteiger partial charge in [-0.05, 0) is 36.4 Å². The van der Waals surface area contributed by atoms with Crippen molar-refractivity contribution in [2.24, 2.45) is 0 Å². The van der Waals surface area contributed by atoms with Crippen LogP contribution in [0.3, 0.4) is 0 Å². The highest BCUT2D eigenvalue weighted by atomic mass is 35.5. The van der Waals surface area contributed by atoms with Gasteiger partial charge in [0.05, 0.1) is 12.3 Å². The van der Waals surface area contributed by atoms with Gasteiger partial charge in [0.2, 0.25) is 0 Å². The zero-order valence-electron chi connectivity index (χ0n) is 14.5. The zero-order valence-corrected chi connectivity index (χ0v) is 16.0. The topological polar surface area (TPSA) is 72.1 Å². The minimum absolute atomic E-state index is 0.0945. The SMILES string of the molecule is O=C(Nc1ccc(Cl)cc1)c1nn2c(c1Cl)NC(c1ccco1)CC2C(F)(F)F. The van der Waals surface area contributed by atoms with Gasteiger partial charge >= 0.3 is 6.18 Å². The molecule has 152 valence electrons. The number of alkyl halides is 3. The van der Waals surface area contributed by atoms with E-state index in [1.165, 1.54) is 6.26 Å². The lowest BCUT2D eigenvalue weighted by molar-refractivity contribution is -0.174. The normalized spacial score (nSPS) is 18.8. The lowest BCUT2D eigenvalue weighted by Gasteiger charge is -2.32. The molecule has 4 rings (SSSR count). The van der Waals surface area contributed by atoms with Crippen LogP contribution in [0.25, 0.3) is 0 Å². The monoisotopic (exact) mass is 444 g/mol. The van der Waals surface area contributed by atoms with Crippen LogP contribution in [0.5, 0.6) is 0 Å². The molecule has 0 aliphatic carbocycles. The molecule has 0 fully saturated rings. The van der Waals surface area contributed by atoms with E-state index < -0.39 is 24.2 Å². The summed E-state index contributed by atoms with van der Waals surface area (Å²) in [6.07, 6.45) is -3.58. The third-order valence-electron chi connectivity index (χ3n) is 4.50. The Labute approximate surface area is 172 Å². The predicted octanol–water partition coefficient (Wildman–Crippen LogP) is 5.70. The van der Waals surface area contributed by atoms with E-state index in [1.807, 2.05) is 0 Å². The third kappa shape index (κ3) is 3.79. The number of hydrogen-bond acceptors (Lipinski definition) is 4. The molecule has 1 aliphatic heterocycles. The first-order valence-electron chi connectivity index (χ1n) is 8.45. The summed E-state index contributed by atoms with van der Waals surface area (Å²) in [5, 5.41) is 9.56. The summed E-state index contributed by atoms with van der Waals surface area (Å²) in [5.74, 6) is -0.505. The molecule has 1 aromatic carbocycles. The van der Waals surface area contributed by atoms with E-state index in [0.717, 1.165) is 0 Å². The zero-order chi connectivity index (χ0) is 20.8. The number of halogens is 5. The standard InChI is InChI=1S/C18H13Cl2F3N4O2/c19-9-3-5-10(6-4-9)24-17(28)15-14(20)16-25-11(12-2-1-7-29-12)8-13(18(21,22)23)27(16)26-15/h1-7,11,13,25H,8H2,(H,24,28). The highest BCUT2D eigenvalue weighted by molar-refractivity contribution is 6.36. The Morgan fingerprint density at radius 2 is 1.97 bits per heavy atom. The number of benzene rings is 1. The molecule has 1 amide bonds. The molecule has 11 heteroatoms. The Balaban J connectivity index is 1.69. The fourth-order valence-corrected chi connectivity index (χ4v) is 3.52. The average molecular weight is 445 g/mol. The average Bonchev–Trinajstić information content (AvgIpc) is 3.31. The number of carbonyl (C=O) groups is 1. The molecular weight excluding hydrogens is 432 g/mol. The largest absolute Gasteiger partial charge is 0.467 e. The Kier molecular flexibility index (Phi) is 4.95. The van der Waals surface area contributed by atoms with Gasteiger partial charge in [-0.25, -0.2) is 4.68 Å². The van der Waals surface area contributed by atoms with Gasteiger partial charge < -0.3 is 15.1 Å². The van der Waals surface area contributed by atoms with E-state index >= 15 is 0 Å². The quantitative estimate of drug-likeness (QED) is 0.543. The van der Waals surface area contributed by atoms with Crippen LogP contribution in [-0.4, -0.2) is 21.9 Å². The first-order chi connectivity index (χ1) is 13.7. The molecule has 0 saturated heterocycles. The van der Waals surface area contributed by atoms with Gasteiger partial charge in [-0.3, -0.25) is 4.79 Å². The molecule has 2 atom stereocenters. The summed E-state index contributed by atoms with van der Waals surface area (Å²) in [5.41, 5.74) is 0.0775. The Hall–Kier alpha value is -2.65. The van der Waals surface area contributed by atoms with Gasteiger partial charge in [0, 0.05) is 17.1 Å². The highest BCUT2D eigenvalue weighted by Crippen LogP contribution is 2.46. The van der Waals surface area contributed by atoms with Gasteiger partial charge in [-0.2, -0.15) is 18.3 Å². The molecule has 0 radical (unpaired) electrons. The highest BCUT2D eigenvalue weighted by Gasteiger charge is 2.48. The molecule has 1 aliphatic rings. The fourth-order valence-electron chi connectivity index (χ4n) is 3.13. The second kappa shape index (κ2) is 7.31. The van der Waals surface area contributed by atoms with Crippen molar-refractivity contribution in [1.82, 2.24) is 9.78 Å². The fraction of sp³-hybridized carbons (Fsp3) is 0.222. The summed E-state index contributed by atoms with van der Waals surface area (Å²) in [6, 6.07) is 6.63. The first-order valence-corrected chi connectivity index (χ1v) is 9.21. The van der Waals surface area contributed by atoms with Crippen molar-refractivity contribution in [3.63, 3.8) is 0 Å². The summed E-state index contributed by atoms with van der Waals surface area (Å²) >= 11 is 12.0. The minimum atomic E-state index is -4.60. The van der Waals surface area contributed by atoms with Crippen LogP contribution >= 0.6 is 23.2 Å². The van der Waals surface area contributed by atoms with Crippen LogP contribution in [0.4, 0.5) is 24.7 Å². The lowest BCUT2D eigenvalue weighted by atomic mass is 10.0. The van der Waals surface area contributed by atoms with Crippen molar-refractivity contribution in [3.05, 3.63) is 64.2 Å². The van der Waals surface area contributed by atoms with E-state index in [-0.39, 0.29) is 23.0 Å². The van der Waals surface area contributed by atoms with E-state index in [0.29, 0.717) is 21.2 Å². The minimum Gasteiger partial charge on any atom is -0.467 e. The number of fused-ring (bicyclic) bond motifs is 1. The van der Waals surface area contributed by atoms with Crippen molar-refractivity contribution in [1.29, 1.82) is 0 Å². The number of carbonyl (C=O) groups excluding carboxylic acids is 1. The number of furan rings is 1. The van der Waals surface area contributed by atoms with E-state index in [9.17, 15) is 18.0 Å². The Morgan fingerprint density at radius 1 is 1.24 bits per heavy atom. The Morgan fingerprint density at radius 3 is 2.59 bits per heavy atom. The number of nitrogens with zero attached hydrogens (tertiary/aromatic N) is 2. The van der Waals surface area contributed by atoms with E-state index in [2.05, 4.69) is 15.7 Å². The van der Waals surface area contributed by atoms with Crippen molar-refractivity contribution >= 4 is 40.6 Å². The molecule has 3 heterocycles. The van der Waals surface area contributed by atoms with Crippen LogP contribution in [0, 0.1) is 0 Å². The van der Waals surface area contributed by atoms with Gasteiger partial charge in [0.25, 0.3) is 5.91 Å². The lowest BCUT2D eigenvalue weighted by Crippen LogP contribution is -2.35. The number of rotatable bonds is 3. The van der Waals surface area contributed by atoms with Crippen molar-refractivity contribution in [2.75, 3.05) is 10.6 Å². The molecule has 6 nitrogen and oxygen atoms in total. The number of amides is 1. The van der Waals surface area contributed by atoms with Crippen LogP contribution < -0.4 is 10.6 Å². The van der Waals surface area contributed by atoms with Crippen LogP contribution in [0.15, 0.2) is 47.1 Å². The summed E-state index contributed by atoms with van der Waals surface area (Å²) in [6.45, 7) is 0. The van der Waals surface area contributed by atoms with Gasteiger partial charge in [0.1, 0.15) is 16.6 Å². The predicted molar refractivity (Wildman–Crippen MR) is 101 cm³/mol. The first kappa shape index (κ1) is 19.7. The second-order valence-electron chi connectivity index (χ2n) is 6.42. The molecule has 0 bridgehead atoms.